The molecule has 5 heteroatoms. The van der Waals surface area contributed by atoms with Crippen LogP contribution in [0.3, 0.4) is 0 Å². The van der Waals surface area contributed by atoms with Crippen molar-refractivity contribution < 1.29 is 14.0 Å². The summed E-state index contributed by atoms with van der Waals surface area (Å²) in [6.07, 6.45) is 0.639. The molecule has 0 radical (unpaired) electrons. The molecule has 0 saturated carbocycles. The summed E-state index contributed by atoms with van der Waals surface area (Å²) in [5.41, 5.74) is 2.52. The lowest BCUT2D eigenvalue weighted by atomic mass is 10.1. The van der Waals surface area contributed by atoms with Crippen LogP contribution in [0.2, 0.25) is 0 Å². The van der Waals surface area contributed by atoms with Crippen molar-refractivity contribution in [2.24, 2.45) is 5.92 Å². The van der Waals surface area contributed by atoms with Crippen LogP contribution in [-0.4, -0.2) is 24.9 Å². The minimum Gasteiger partial charge on any atom is -0.355 e. The molecular weight excluding hydrogens is 319 g/mol. The number of carbonyl (C=O) groups is 2. The van der Waals surface area contributed by atoms with Crippen molar-refractivity contribution in [2.75, 3.05) is 18.0 Å². The first-order valence-corrected chi connectivity index (χ1v) is 8.43. The summed E-state index contributed by atoms with van der Waals surface area (Å²) in [4.78, 5) is 26.2. The first kappa shape index (κ1) is 17.1. The summed E-state index contributed by atoms with van der Waals surface area (Å²) in [6, 6.07) is 14.2. The molecule has 0 spiro atoms. The summed E-state index contributed by atoms with van der Waals surface area (Å²) >= 11 is 0. The molecule has 1 unspecified atom stereocenters. The van der Waals surface area contributed by atoms with E-state index in [0.29, 0.717) is 25.1 Å². The van der Waals surface area contributed by atoms with Crippen LogP contribution in [-0.2, 0) is 16.0 Å². The van der Waals surface area contributed by atoms with E-state index in [4.69, 9.17) is 0 Å². The van der Waals surface area contributed by atoms with Gasteiger partial charge in [0.2, 0.25) is 11.8 Å². The van der Waals surface area contributed by atoms with Crippen LogP contribution >= 0.6 is 0 Å². The lowest BCUT2D eigenvalue weighted by Crippen LogP contribution is -2.34. The van der Waals surface area contributed by atoms with Gasteiger partial charge in [-0.1, -0.05) is 35.9 Å². The first-order chi connectivity index (χ1) is 12.0. The Morgan fingerprint density at radius 1 is 1.20 bits per heavy atom. The third-order valence-corrected chi connectivity index (χ3v) is 4.49. The second kappa shape index (κ2) is 7.47. The molecule has 1 atom stereocenters. The average molecular weight is 340 g/mol. The van der Waals surface area contributed by atoms with Crippen molar-refractivity contribution in [3.8, 4) is 0 Å². The number of benzene rings is 2. The third-order valence-electron chi connectivity index (χ3n) is 4.49. The molecule has 2 aromatic rings. The van der Waals surface area contributed by atoms with Crippen LogP contribution in [0.1, 0.15) is 17.5 Å². The van der Waals surface area contributed by atoms with Crippen LogP contribution < -0.4 is 10.2 Å². The molecule has 1 N–H and O–H groups in total. The maximum Gasteiger partial charge on any atom is 0.227 e. The molecule has 0 bridgehead atoms. The summed E-state index contributed by atoms with van der Waals surface area (Å²) in [5, 5.41) is 2.82. The highest BCUT2D eigenvalue weighted by Crippen LogP contribution is 2.25. The Labute approximate surface area is 146 Å². The summed E-state index contributed by atoms with van der Waals surface area (Å²) in [7, 11) is 0. The fraction of sp³-hybridized carbons (Fsp3) is 0.300. The van der Waals surface area contributed by atoms with E-state index in [1.807, 2.05) is 31.2 Å². The molecule has 1 aliphatic heterocycles. The maximum atomic E-state index is 13.6. The Morgan fingerprint density at radius 3 is 2.64 bits per heavy atom. The Morgan fingerprint density at radius 2 is 1.92 bits per heavy atom. The standard InChI is InChI=1S/C20H21FN2O2/c1-14-6-8-17(9-7-14)23-13-16(12-19(23)24)20(25)22-11-10-15-4-2-3-5-18(15)21/h2-9,16H,10-13H2,1H3,(H,22,25). The van der Waals surface area contributed by atoms with Gasteiger partial charge >= 0.3 is 0 Å². The predicted octanol–water partition coefficient (Wildman–Crippen LogP) is 2.85. The quantitative estimate of drug-likeness (QED) is 0.910. The molecule has 1 fully saturated rings. The Hall–Kier alpha value is -2.69. The third kappa shape index (κ3) is 4.05. The van der Waals surface area contributed by atoms with E-state index in [9.17, 15) is 14.0 Å². The van der Waals surface area contributed by atoms with Crippen LogP contribution in [0.15, 0.2) is 48.5 Å². The molecule has 25 heavy (non-hydrogen) atoms. The molecule has 4 nitrogen and oxygen atoms in total. The van der Waals surface area contributed by atoms with Crippen LogP contribution in [0, 0.1) is 18.7 Å². The zero-order valence-corrected chi connectivity index (χ0v) is 14.2. The van der Waals surface area contributed by atoms with Gasteiger partial charge in [0.1, 0.15) is 5.82 Å². The molecule has 1 heterocycles. The zero-order valence-electron chi connectivity index (χ0n) is 14.2. The monoisotopic (exact) mass is 340 g/mol. The van der Waals surface area contributed by atoms with E-state index >= 15 is 0 Å². The van der Waals surface area contributed by atoms with Gasteiger partial charge in [0.25, 0.3) is 0 Å². The number of anilines is 1. The Kier molecular flexibility index (Phi) is 5.12. The smallest absolute Gasteiger partial charge is 0.227 e. The molecule has 130 valence electrons. The lowest BCUT2D eigenvalue weighted by Gasteiger charge is -2.17. The Bertz CT molecular complexity index is 774. The van der Waals surface area contributed by atoms with E-state index in [0.717, 1.165) is 11.3 Å². The summed E-state index contributed by atoms with van der Waals surface area (Å²) in [5.74, 6) is -0.829. The number of hydrogen-bond acceptors (Lipinski definition) is 2. The van der Waals surface area contributed by atoms with E-state index < -0.39 is 0 Å². The van der Waals surface area contributed by atoms with Gasteiger partial charge in [0.05, 0.1) is 5.92 Å². The fourth-order valence-corrected chi connectivity index (χ4v) is 3.02. The van der Waals surface area contributed by atoms with Crippen molar-refractivity contribution in [1.29, 1.82) is 0 Å². The van der Waals surface area contributed by atoms with Crippen molar-refractivity contribution >= 4 is 17.5 Å². The first-order valence-electron chi connectivity index (χ1n) is 8.43. The highest BCUT2D eigenvalue weighted by Gasteiger charge is 2.34. The topological polar surface area (TPSA) is 49.4 Å². The number of aryl methyl sites for hydroxylation is 1. The number of hydrogen-bond donors (Lipinski definition) is 1. The van der Waals surface area contributed by atoms with Gasteiger partial charge in [-0.15, -0.1) is 0 Å². The van der Waals surface area contributed by atoms with Crippen molar-refractivity contribution in [3.63, 3.8) is 0 Å². The summed E-state index contributed by atoms with van der Waals surface area (Å²) in [6.45, 7) is 2.73. The molecular formula is C20H21FN2O2. The van der Waals surface area contributed by atoms with E-state index in [2.05, 4.69) is 5.32 Å². The molecule has 2 aromatic carbocycles. The number of nitrogens with one attached hydrogen (secondary N) is 1. The van der Waals surface area contributed by atoms with Crippen LogP contribution in [0.4, 0.5) is 10.1 Å². The van der Waals surface area contributed by atoms with E-state index in [1.54, 1.807) is 23.1 Å². The molecule has 1 aliphatic rings. The van der Waals surface area contributed by atoms with Crippen molar-refractivity contribution in [2.45, 2.75) is 19.8 Å². The molecule has 3 rings (SSSR count). The van der Waals surface area contributed by atoms with E-state index in [1.165, 1.54) is 6.07 Å². The van der Waals surface area contributed by atoms with Crippen molar-refractivity contribution in [3.05, 3.63) is 65.5 Å². The molecule has 2 amide bonds. The molecule has 0 aromatic heterocycles. The van der Waals surface area contributed by atoms with Gasteiger partial charge in [-0.25, -0.2) is 4.39 Å². The largest absolute Gasteiger partial charge is 0.355 e. The second-order valence-corrected chi connectivity index (χ2v) is 6.37. The fourth-order valence-electron chi connectivity index (χ4n) is 3.02. The van der Waals surface area contributed by atoms with Gasteiger partial charge < -0.3 is 10.2 Å². The number of halogens is 1. The Balaban J connectivity index is 1.54. The lowest BCUT2D eigenvalue weighted by molar-refractivity contribution is -0.126. The van der Waals surface area contributed by atoms with E-state index in [-0.39, 0.29) is 30.0 Å². The predicted molar refractivity (Wildman–Crippen MR) is 94.8 cm³/mol. The number of amides is 2. The van der Waals surface area contributed by atoms with Crippen LogP contribution in [0.5, 0.6) is 0 Å². The van der Waals surface area contributed by atoms with Gasteiger partial charge in [-0.05, 0) is 37.1 Å². The minimum atomic E-state index is -0.366. The minimum absolute atomic E-state index is 0.0434. The highest BCUT2D eigenvalue weighted by atomic mass is 19.1. The van der Waals surface area contributed by atoms with Gasteiger partial charge in [-0.3, -0.25) is 9.59 Å². The molecule has 1 saturated heterocycles. The molecule has 0 aliphatic carbocycles. The SMILES string of the molecule is Cc1ccc(N2CC(C(=O)NCCc3ccccc3F)CC2=O)cc1. The highest BCUT2D eigenvalue weighted by molar-refractivity contribution is 6.00. The number of rotatable bonds is 5. The van der Waals surface area contributed by atoms with Gasteiger partial charge in [0.15, 0.2) is 0 Å². The second-order valence-electron chi connectivity index (χ2n) is 6.37. The number of nitrogens with zero attached hydrogens (tertiary/aromatic N) is 1. The van der Waals surface area contributed by atoms with Gasteiger partial charge in [-0.2, -0.15) is 0 Å². The van der Waals surface area contributed by atoms with Crippen LogP contribution in [0.25, 0.3) is 0 Å². The summed E-state index contributed by atoms with van der Waals surface area (Å²) < 4.78 is 13.6. The maximum absolute atomic E-state index is 13.6. The number of carbonyl (C=O) groups excluding carboxylic acids is 2. The average Bonchev–Trinajstić information content (AvgIpc) is 2.99. The van der Waals surface area contributed by atoms with Crippen molar-refractivity contribution in [1.82, 2.24) is 5.32 Å². The van der Waals surface area contributed by atoms with Gasteiger partial charge in [0, 0.05) is 25.2 Å². The zero-order chi connectivity index (χ0) is 17.8. The normalized spacial score (nSPS) is 17.0.